The second-order valence-corrected chi connectivity index (χ2v) is 5.10. The van der Waals surface area contributed by atoms with Gasteiger partial charge in [0.1, 0.15) is 0 Å². The van der Waals surface area contributed by atoms with Crippen LogP contribution in [0.25, 0.3) is 0 Å². The Labute approximate surface area is 134 Å². The summed E-state index contributed by atoms with van der Waals surface area (Å²) in [6, 6.07) is 17.2. The minimum atomic E-state index is -1.44. The predicted octanol–water partition coefficient (Wildman–Crippen LogP) is 1.56. The van der Waals surface area contributed by atoms with E-state index in [2.05, 4.69) is 10.1 Å². The summed E-state index contributed by atoms with van der Waals surface area (Å²) >= 11 is 0. The molecule has 0 aliphatic carbocycles. The number of aliphatic hydroxyl groups is 1. The van der Waals surface area contributed by atoms with E-state index in [0.29, 0.717) is 12.0 Å². The van der Waals surface area contributed by atoms with Gasteiger partial charge in [-0.3, -0.25) is 4.79 Å². The van der Waals surface area contributed by atoms with Gasteiger partial charge in [-0.05, 0) is 24.1 Å². The van der Waals surface area contributed by atoms with E-state index in [1.807, 2.05) is 36.4 Å². The van der Waals surface area contributed by atoms with Gasteiger partial charge in [-0.1, -0.05) is 48.5 Å². The normalized spacial score (nSPS) is 13.0. The molecule has 0 aliphatic heterocycles. The first-order chi connectivity index (χ1) is 11.1. The molecule has 5 nitrogen and oxygen atoms in total. The molecule has 0 spiro atoms. The number of nitrogens with one attached hydrogen (secondary N) is 1. The van der Waals surface area contributed by atoms with Crippen LogP contribution in [0.2, 0.25) is 0 Å². The maximum atomic E-state index is 12.3. The zero-order valence-corrected chi connectivity index (χ0v) is 12.8. The standard InChI is InChI=1S/C18H19NO4/c1-23-18(22)16(20)15(12-13-8-4-2-5-9-13)19-17(21)14-10-6-3-7-11-14/h2-11,15-16,20H,12H2,1H3,(H,19,21)/t15-,16-/m1/s1. The van der Waals surface area contributed by atoms with Crippen LogP contribution in [0.4, 0.5) is 0 Å². The van der Waals surface area contributed by atoms with Crippen molar-refractivity contribution < 1.29 is 19.4 Å². The first-order valence-electron chi connectivity index (χ1n) is 7.27. The number of carbonyl (C=O) groups is 2. The van der Waals surface area contributed by atoms with E-state index in [1.54, 1.807) is 24.3 Å². The van der Waals surface area contributed by atoms with Gasteiger partial charge in [-0.15, -0.1) is 0 Å². The second kappa shape index (κ2) is 8.10. The molecule has 2 aromatic carbocycles. The van der Waals surface area contributed by atoms with Crippen molar-refractivity contribution in [1.29, 1.82) is 0 Å². The number of esters is 1. The molecule has 1 amide bonds. The van der Waals surface area contributed by atoms with Crippen LogP contribution in [-0.2, 0) is 16.0 Å². The fourth-order valence-corrected chi connectivity index (χ4v) is 2.24. The van der Waals surface area contributed by atoms with Crippen molar-refractivity contribution >= 4 is 11.9 Å². The molecule has 0 saturated heterocycles. The van der Waals surface area contributed by atoms with Crippen molar-refractivity contribution in [1.82, 2.24) is 5.32 Å². The first-order valence-corrected chi connectivity index (χ1v) is 7.27. The average Bonchev–Trinajstić information content (AvgIpc) is 2.61. The Hall–Kier alpha value is -2.66. The molecule has 23 heavy (non-hydrogen) atoms. The summed E-state index contributed by atoms with van der Waals surface area (Å²) in [5.41, 5.74) is 1.36. The highest BCUT2D eigenvalue weighted by molar-refractivity contribution is 5.94. The van der Waals surface area contributed by atoms with Gasteiger partial charge in [0.15, 0.2) is 6.10 Å². The lowest BCUT2D eigenvalue weighted by Crippen LogP contribution is -2.48. The van der Waals surface area contributed by atoms with Crippen LogP contribution in [0.15, 0.2) is 60.7 Å². The molecule has 0 aromatic heterocycles. The van der Waals surface area contributed by atoms with E-state index < -0.39 is 18.1 Å². The fraction of sp³-hybridized carbons (Fsp3) is 0.222. The number of aliphatic hydroxyl groups excluding tert-OH is 1. The number of amides is 1. The van der Waals surface area contributed by atoms with Gasteiger partial charge >= 0.3 is 5.97 Å². The van der Waals surface area contributed by atoms with Gasteiger partial charge in [-0.2, -0.15) is 0 Å². The highest BCUT2D eigenvalue weighted by Gasteiger charge is 2.28. The molecule has 2 atom stereocenters. The molecule has 2 N–H and O–H groups in total. The van der Waals surface area contributed by atoms with E-state index in [0.717, 1.165) is 5.56 Å². The highest BCUT2D eigenvalue weighted by Crippen LogP contribution is 2.09. The third-order valence-corrected chi connectivity index (χ3v) is 3.47. The molecule has 120 valence electrons. The molecule has 5 heteroatoms. The van der Waals surface area contributed by atoms with Gasteiger partial charge in [-0.25, -0.2) is 4.79 Å². The number of methoxy groups -OCH3 is 1. The summed E-state index contributed by atoms with van der Waals surface area (Å²) in [6.07, 6.45) is -1.12. The SMILES string of the molecule is COC(=O)[C@H](O)[C@@H](Cc1ccccc1)NC(=O)c1ccccc1. The van der Waals surface area contributed by atoms with Crippen LogP contribution >= 0.6 is 0 Å². The van der Waals surface area contributed by atoms with Gasteiger partial charge < -0.3 is 15.2 Å². The molecule has 0 unspecified atom stereocenters. The van der Waals surface area contributed by atoms with E-state index in [-0.39, 0.29) is 5.91 Å². The fourth-order valence-electron chi connectivity index (χ4n) is 2.24. The van der Waals surface area contributed by atoms with Crippen molar-refractivity contribution in [3.05, 3.63) is 71.8 Å². The van der Waals surface area contributed by atoms with E-state index in [4.69, 9.17) is 0 Å². The smallest absolute Gasteiger partial charge is 0.336 e. The Balaban J connectivity index is 2.16. The number of carbonyl (C=O) groups excluding carboxylic acids is 2. The van der Waals surface area contributed by atoms with Crippen LogP contribution in [0.3, 0.4) is 0 Å². The quantitative estimate of drug-likeness (QED) is 0.794. The van der Waals surface area contributed by atoms with Crippen LogP contribution in [0.5, 0.6) is 0 Å². The van der Waals surface area contributed by atoms with Crippen molar-refractivity contribution in [2.75, 3.05) is 7.11 Å². The van der Waals surface area contributed by atoms with Crippen LogP contribution in [-0.4, -0.2) is 36.2 Å². The molecule has 0 aliphatic rings. The van der Waals surface area contributed by atoms with E-state index >= 15 is 0 Å². The summed E-state index contributed by atoms with van der Waals surface area (Å²) in [5, 5.41) is 12.9. The summed E-state index contributed by atoms with van der Waals surface area (Å²) in [7, 11) is 1.20. The zero-order chi connectivity index (χ0) is 16.7. The molecule has 0 radical (unpaired) electrons. The average molecular weight is 313 g/mol. The van der Waals surface area contributed by atoms with Crippen molar-refractivity contribution in [2.24, 2.45) is 0 Å². The maximum absolute atomic E-state index is 12.3. The molecule has 2 aromatic rings. The number of benzene rings is 2. The Morgan fingerprint density at radius 3 is 2.17 bits per heavy atom. The van der Waals surface area contributed by atoms with Crippen molar-refractivity contribution in [3.63, 3.8) is 0 Å². The summed E-state index contributed by atoms with van der Waals surface area (Å²) in [5.74, 6) is -1.13. The molecule has 0 bridgehead atoms. The van der Waals surface area contributed by atoms with Gasteiger partial charge in [0.2, 0.25) is 0 Å². The van der Waals surface area contributed by atoms with Crippen LogP contribution in [0.1, 0.15) is 15.9 Å². The van der Waals surface area contributed by atoms with E-state index in [9.17, 15) is 14.7 Å². The lowest BCUT2D eigenvalue weighted by atomic mass is 10.0. The Bertz CT molecular complexity index is 643. The molecular formula is C18H19NO4. The minimum Gasteiger partial charge on any atom is -0.467 e. The maximum Gasteiger partial charge on any atom is 0.336 e. The predicted molar refractivity (Wildman–Crippen MR) is 85.9 cm³/mol. The molecular weight excluding hydrogens is 294 g/mol. The highest BCUT2D eigenvalue weighted by atomic mass is 16.5. The topological polar surface area (TPSA) is 75.6 Å². The number of ether oxygens (including phenoxy) is 1. The van der Waals surface area contributed by atoms with Gasteiger partial charge in [0, 0.05) is 5.56 Å². The number of hydrogen-bond donors (Lipinski definition) is 2. The Morgan fingerprint density at radius 1 is 1.04 bits per heavy atom. The van der Waals surface area contributed by atoms with Gasteiger partial charge in [0.05, 0.1) is 13.2 Å². The zero-order valence-electron chi connectivity index (χ0n) is 12.8. The molecule has 0 heterocycles. The minimum absolute atomic E-state index is 0.315. The molecule has 0 saturated carbocycles. The summed E-state index contributed by atoms with van der Waals surface area (Å²) in [6.45, 7) is 0. The van der Waals surface area contributed by atoms with Crippen molar-refractivity contribution in [3.8, 4) is 0 Å². The lowest BCUT2D eigenvalue weighted by Gasteiger charge is -2.22. The first kappa shape index (κ1) is 16.7. The molecule has 0 fully saturated rings. The second-order valence-electron chi connectivity index (χ2n) is 5.10. The third kappa shape index (κ3) is 4.66. The molecule has 2 rings (SSSR count). The monoisotopic (exact) mass is 313 g/mol. The van der Waals surface area contributed by atoms with Crippen molar-refractivity contribution in [2.45, 2.75) is 18.6 Å². The number of rotatable bonds is 6. The third-order valence-electron chi connectivity index (χ3n) is 3.47. The number of hydrogen-bond acceptors (Lipinski definition) is 4. The van der Waals surface area contributed by atoms with Gasteiger partial charge in [0.25, 0.3) is 5.91 Å². The summed E-state index contributed by atoms with van der Waals surface area (Å²) < 4.78 is 4.58. The van der Waals surface area contributed by atoms with E-state index in [1.165, 1.54) is 7.11 Å². The Kier molecular flexibility index (Phi) is 5.88. The Morgan fingerprint density at radius 2 is 1.61 bits per heavy atom. The largest absolute Gasteiger partial charge is 0.467 e. The van der Waals surface area contributed by atoms with Crippen LogP contribution < -0.4 is 5.32 Å². The lowest BCUT2D eigenvalue weighted by molar-refractivity contribution is -0.151. The summed E-state index contributed by atoms with van der Waals surface area (Å²) in [4.78, 5) is 23.9. The van der Waals surface area contributed by atoms with Crippen LogP contribution in [0, 0.1) is 0 Å².